The zero-order chi connectivity index (χ0) is 17.1. The van der Waals surface area contributed by atoms with Crippen molar-refractivity contribution in [1.82, 2.24) is 9.38 Å². The molecule has 0 aliphatic heterocycles. The molecule has 2 aromatic heterocycles. The van der Waals surface area contributed by atoms with Crippen LogP contribution in [0.4, 0.5) is 5.69 Å². The number of fused-ring (bicyclic) bond motifs is 1. The van der Waals surface area contributed by atoms with Crippen molar-refractivity contribution in [3.63, 3.8) is 0 Å². The smallest absolute Gasteiger partial charge is 0.359 e. The highest BCUT2D eigenvalue weighted by Gasteiger charge is 2.14. The lowest BCUT2D eigenvalue weighted by Crippen LogP contribution is -2.21. The predicted molar refractivity (Wildman–Crippen MR) is 93.0 cm³/mol. The number of aromatic nitrogens is 2. The van der Waals surface area contributed by atoms with Crippen LogP contribution >= 0.6 is 15.9 Å². The second-order valence-electron chi connectivity index (χ2n) is 5.20. The molecule has 0 spiro atoms. The van der Waals surface area contributed by atoms with E-state index in [1.807, 2.05) is 31.2 Å². The Kier molecular flexibility index (Phi) is 4.61. The Labute approximate surface area is 146 Å². The Hall–Kier alpha value is -2.67. The number of carbonyl (C=O) groups is 2. The van der Waals surface area contributed by atoms with Crippen molar-refractivity contribution in [3.05, 3.63) is 64.5 Å². The van der Waals surface area contributed by atoms with E-state index in [4.69, 9.17) is 4.74 Å². The Morgan fingerprint density at radius 2 is 2.12 bits per heavy atom. The van der Waals surface area contributed by atoms with Gasteiger partial charge >= 0.3 is 5.97 Å². The van der Waals surface area contributed by atoms with Gasteiger partial charge in [0, 0.05) is 16.9 Å². The van der Waals surface area contributed by atoms with Crippen molar-refractivity contribution in [2.24, 2.45) is 0 Å². The molecule has 0 saturated heterocycles. The minimum atomic E-state index is -0.642. The molecule has 1 amide bonds. The van der Waals surface area contributed by atoms with Crippen LogP contribution in [-0.2, 0) is 9.53 Å². The predicted octanol–water partition coefficient (Wildman–Crippen LogP) is 3.20. The molecule has 1 N–H and O–H groups in total. The first kappa shape index (κ1) is 16.2. The molecule has 0 bridgehead atoms. The summed E-state index contributed by atoms with van der Waals surface area (Å²) in [5.41, 5.74) is 2.48. The van der Waals surface area contributed by atoms with E-state index in [1.165, 1.54) is 0 Å². The van der Waals surface area contributed by atoms with Crippen molar-refractivity contribution in [2.45, 2.75) is 6.92 Å². The van der Waals surface area contributed by atoms with Gasteiger partial charge in [-0.1, -0.05) is 12.1 Å². The van der Waals surface area contributed by atoms with E-state index < -0.39 is 11.9 Å². The minimum Gasteiger partial charge on any atom is -0.451 e. The molecule has 0 unspecified atom stereocenters. The van der Waals surface area contributed by atoms with Crippen molar-refractivity contribution >= 4 is 39.1 Å². The van der Waals surface area contributed by atoms with Gasteiger partial charge in [0.25, 0.3) is 5.91 Å². The van der Waals surface area contributed by atoms with Gasteiger partial charge < -0.3 is 14.5 Å². The number of esters is 1. The van der Waals surface area contributed by atoms with E-state index in [-0.39, 0.29) is 12.3 Å². The number of pyridine rings is 1. The van der Waals surface area contributed by atoms with Crippen LogP contribution in [0.15, 0.2) is 53.3 Å². The van der Waals surface area contributed by atoms with Crippen LogP contribution < -0.4 is 5.32 Å². The van der Waals surface area contributed by atoms with Crippen LogP contribution in [0.3, 0.4) is 0 Å². The number of anilines is 1. The van der Waals surface area contributed by atoms with Gasteiger partial charge in [-0.25, -0.2) is 9.78 Å². The summed E-state index contributed by atoms with van der Waals surface area (Å²) in [6, 6.07) is 11.0. The van der Waals surface area contributed by atoms with Crippen LogP contribution in [0.5, 0.6) is 0 Å². The molecule has 122 valence electrons. The summed E-state index contributed by atoms with van der Waals surface area (Å²) in [5, 5.41) is 2.68. The lowest BCUT2D eigenvalue weighted by atomic mass is 10.2. The number of rotatable bonds is 4. The normalized spacial score (nSPS) is 10.6. The highest BCUT2D eigenvalue weighted by atomic mass is 79.9. The summed E-state index contributed by atoms with van der Waals surface area (Å²) in [5.74, 6) is -1.06. The zero-order valence-electron chi connectivity index (χ0n) is 12.8. The molecular weight excluding hydrogens is 374 g/mol. The first-order chi connectivity index (χ1) is 11.5. The van der Waals surface area contributed by atoms with Gasteiger partial charge in [-0.3, -0.25) is 4.79 Å². The maximum Gasteiger partial charge on any atom is 0.359 e. The fourth-order valence-corrected chi connectivity index (χ4v) is 2.74. The van der Waals surface area contributed by atoms with E-state index in [0.717, 1.165) is 10.0 Å². The van der Waals surface area contributed by atoms with E-state index in [0.29, 0.717) is 11.3 Å². The number of hydrogen-bond acceptors (Lipinski definition) is 4. The molecule has 0 radical (unpaired) electrons. The van der Waals surface area contributed by atoms with Gasteiger partial charge in [-0.05, 0) is 52.7 Å². The van der Waals surface area contributed by atoms with Gasteiger partial charge in [0.05, 0.1) is 5.69 Å². The van der Waals surface area contributed by atoms with Crippen LogP contribution in [0, 0.1) is 6.92 Å². The summed E-state index contributed by atoms with van der Waals surface area (Å²) in [7, 11) is 0. The number of benzene rings is 1. The number of ether oxygens (including phenoxy) is 1. The summed E-state index contributed by atoms with van der Waals surface area (Å²) in [6.07, 6.45) is 3.34. The number of nitrogens with zero attached hydrogens (tertiary/aromatic N) is 2. The molecule has 1 aromatic carbocycles. The summed E-state index contributed by atoms with van der Waals surface area (Å²) < 4.78 is 7.49. The van der Waals surface area contributed by atoms with Crippen molar-refractivity contribution < 1.29 is 14.3 Å². The number of hydrogen-bond donors (Lipinski definition) is 1. The third-order valence-electron chi connectivity index (χ3n) is 3.31. The van der Waals surface area contributed by atoms with E-state index in [9.17, 15) is 9.59 Å². The highest BCUT2D eigenvalue weighted by molar-refractivity contribution is 9.10. The number of aryl methyl sites for hydroxylation is 1. The molecule has 0 atom stereocenters. The Balaban J connectivity index is 1.60. The Morgan fingerprint density at radius 3 is 2.88 bits per heavy atom. The van der Waals surface area contributed by atoms with Gasteiger partial charge in [0.1, 0.15) is 5.65 Å². The van der Waals surface area contributed by atoms with Crippen LogP contribution in [0.2, 0.25) is 0 Å². The van der Waals surface area contributed by atoms with E-state index >= 15 is 0 Å². The highest BCUT2D eigenvalue weighted by Crippen LogP contribution is 2.23. The number of amides is 1. The molecule has 0 fully saturated rings. The van der Waals surface area contributed by atoms with Gasteiger partial charge in [-0.2, -0.15) is 0 Å². The molecule has 3 aromatic rings. The molecule has 0 saturated carbocycles. The molecule has 0 aliphatic carbocycles. The Morgan fingerprint density at radius 1 is 1.29 bits per heavy atom. The summed E-state index contributed by atoms with van der Waals surface area (Å²) in [4.78, 5) is 28.1. The third-order valence-corrected chi connectivity index (χ3v) is 3.96. The Bertz CT molecular complexity index is 887. The molecule has 2 heterocycles. The monoisotopic (exact) mass is 387 g/mol. The molecule has 7 heteroatoms. The first-order valence-electron chi connectivity index (χ1n) is 7.20. The SMILES string of the molecule is Cc1ccc(NC(=O)COC(=O)c2cn3ccccc3n2)c(Br)c1. The molecule has 0 aliphatic rings. The lowest BCUT2D eigenvalue weighted by Gasteiger charge is -2.08. The molecular formula is C17H14BrN3O3. The lowest BCUT2D eigenvalue weighted by molar-refractivity contribution is -0.119. The fraction of sp³-hybridized carbons (Fsp3) is 0.118. The third kappa shape index (κ3) is 3.62. The van der Waals surface area contributed by atoms with Gasteiger partial charge in [0.15, 0.2) is 12.3 Å². The fourth-order valence-electron chi connectivity index (χ4n) is 2.15. The molecule has 3 rings (SSSR count). The molecule has 24 heavy (non-hydrogen) atoms. The largest absolute Gasteiger partial charge is 0.451 e. The number of carbonyl (C=O) groups excluding carboxylic acids is 2. The van der Waals surface area contributed by atoms with Crippen molar-refractivity contribution in [1.29, 1.82) is 0 Å². The average molecular weight is 388 g/mol. The van der Waals surface area contributed by atoms with Gasteiger partial charge in [0.2, 0.25) is 0 Å². The number of imidazole rings is 1. The van der Waals surface area contributed by atoms with Crippen LogP contribution in [-0.4, -0.2) is 27.9 Å². The topological polar surface area (TPSA) is 72.7 Å². The summed E-state index contributed by atoms with van der Waals surface area (Å²) >= 11 is 3.38. The van der Waals surface area contributed by atoms with Crippen LogP contribution in [0.1, 0.15) is 16.1 Å². The summed E-state index contributed by atoms with van der Waals surface area (Å²) in [6.45, 7) is 1.57. The van der Waals surface area contributed by atoms with Crippen molar-refractivity contribution in [3.8, 4) is 0 Å². The van der Waals surface area contributed by atoms with Crippen LogP contribution in [0.25, 0.3) is 5.65 Å². The average Bonchev–Trinajstić information content (AvgIpc) is 2.99. The number of halogens is 1. The standard InChI is InChI=1S/C17H14BrN3O3/c1-11-5-6-13(12(18)8-11)20-16(22)10-24-17(23)14-9-21-7-3-2-4-15(21)19-14/h2-9H,10H2,1H3,(H,20,22). The maximum atomic E-state index is 12.0. The molecule has 6 nitrogen and oxygen atoms in total. The maximum absolute atomic E-state index is 12.0. The first-order valence-corrected chi connectivity index (χ1v) is 7.99. The van der Waals surface area contributed by atoms with Crippen molar-refractivity contribution in [2.75, 3.05) is 11.9 Å². The number of nitrogens with one attached hydrogen (secondary N) is 1. The second-order valence-corrected chi connectivity index (χ2v) is 6.05. The van der Waals surface area contributed by atoms with E-state index in [1.54, 1.807) is 28.9 Å². The second kappa shape index (κ2) is 6.84. The van der Waals surface area contributed by atoms with Gasteiger partial charge in [-0.15, -0.1) is 0 Å². The van der Waals surface area contributed by atoms with E-state index in [2.05, 4.69) is 26.2 Å². The minimum absolute atomic E-state index is 0.158. The zero-order valence-corrected chi connectivity index (χ0v) is 14.4. The quantitative estimate of drug-likeness (QED) is 0.697.